The number of rotatable bonds is 10. The Hall–Kier alpha value is -5.03. The van der Waals surface area contributed by atoms with Gasteiger partial charge in [0.05, 0.1) is 11.3 Å². The largest absolute Gasteiger partial charge is 0.481 e. The van der Waals surface area contributed by atoms with Crippen molar-refractivity contribution in [2.24, 2.45) is 0 Å². The van der Waals surface area contributed by atoms with Crippen LogP contribution in [0, 0.1) is 0 Å². The van der Waals surface area contributed by atoms with Crippen LogP contribution in [0.1, 0.15) is 33.2 Å². The van der Waals surface area contributed by atoms with Crippen molar-refractivity contribution in [1.82, 2.24) is 10.3 Å². The minimum Gasteiger partial charge on any atom is -0.481 e. The summed E-state index contributed by atoms with van der Waals surface area (Å²) < 4.78 is 26.8. The zero-order valence-corrected chi connectivity index (χ0v) is 22.0. The molecule has 1 atom stereocenters. The van der Waals surface area contributed by atoms with E-state index in [0.29, 0.717) is 12.2 Å². The molecule has 4 N–H and O–H groups in total. The number of carboxylic acids is 1. The van der Waals surface area contributed by atoms with Crippen molar-refractivity contribution in [3.05, 3.63) is 120 Å². The monoisotopic (exact) mass is 558 g/mol. The van der Waals surface area contributed by atoms with E-state index in [1.54, 1.807) is 18.2 Å². The van der Waals surface area contributed by atoms with Crippen LogP contribution < -0.4 is 16.0 Å². The molecule has 204 valence electrons. The molecule has 0 saturated carbocycles. The molecule has 0 spiro atoms. The first-order valence-electron chi connectivity index (χ1n) is 12.2. The van der Waals surface area contributed by atoms with Crippen LogP contribution in [-0.4, -0.2) is 36.4 Å². The van der Waals surface area contributed by atoms with Crippen molar-refractivity contribution in [2.45, 2.75) is 23.1 Å². The maximum Gasteiger partial charge on any atom is 0.319 e. The first kappa shape index (κ1) is 28.0. The lowest BCUT2D eigenvalue weighted by Gasteiger charge is -2.17. The molecule has 0 radical (unpaired) electrons. The Labute approximate surface area is 231 Å². The molecule has 0 fully saturated rings. The van der Waals surface area contributed by atoms with E-state index in [1.165, 1.54) is 54.9 Å². The topological polar surface area (TPSA) is 155 Å². The molecule has 3 amide bonds. The maximum absolute atomic E-state index is 13.4. The Morgan fingerprint density at radius 1 is 0.825 bits per heavy atom. The zero-order valence-electron chi connectivity index (χ0n) is 21.2. The molecule has 4 aromatic rings. The van der Waals surface area contributed by atoms with Crippen LogP contribution >= 0.6 is 0 Å². The van der Waals surface area contributed by atoms with Gasteiger partial charge in [-0.1, -0.05) is 48.5 Å². The Morgan fingerprint density at radius 2 is 1.55 bits per heavy atom. The SMILES string of the molecule is O=C(O)CC(c1cccnc1)S(=O)(=O)c1cccc(NC(=O)c2cccc(NC(=O)NCc3ccccc3)c2)c1. The van der Waals surface area contributed by atoms with E-state index in [2.05, 4.69) is 20.9 Å². The molecule has 1 heterocycles. The number of amides is 3. The van der Waals surface area contributed by atoms with Crippen LogP contribution in [0.4, 0.5) is 16.2 Å². The fourth-order valence-electron chi connectivity index (χ4n) is 3.94. The number of nitrogens with one attached hydrogen (secondary N) is 3. The third-order valence-corrected chi connectivity index (χ3v) is 7.99. The summed E-state index contributed by atoms with van der Waals surface area (Å²) in [6.07, 6.45) is 2.13. The highest BCUT2D eigenvalue weighted by Crippen LogP contribution is 2.32. The van der Waals surface area contributed by atoms with Crippen LogP contribution in [0.25, 0.3) is 0 Å². The average Bonchev–Trinajstić information content (AvgIpc) is 2.96. The fraction of sp³-hybridized carbons (Fsp3) is 0.103. The average molecular weight is 559 g/mol. The number of urea groups is 1. The second-order valence-corrected chi connectivity index (χ2v) is 10.9. The minimum atomic E-state index is -4.14. The van der Waals surface area contributed by atoms with Gasteiger partial charge in [0.1, 0.15) is 5.25 Å². The Bertz CT molecular complexity index is 1610. The molecule has 0 aliphatic carbocycles. The Balaban J connectivity index is 1.46. The number of sulfone groups is 1. The summed E-state index contributed by atoms with van der Waals surface area (Å²) in [6, 6.07) is 23.9. The molecule has 0 aliphatic heterocycles. The number of aromatic nitrogens is 1. The molecule has 0 aliphatic rings. The van der Waals surface area contributed by atoms with Crippen molar-refractivity contribution in [2.75, 3.05) is 10.6 Å². The van der Waals surface area contributed by atoms with Gasteiger partial charge in [-0.2, -0.15) is 0 Å². The summed E-state index contributed by atoms with van der Waals surface area (Å²) >= 11 is 0. The van der Waals surface area contributed by atoms with Crippen molar-refractivity contribution in [1.29, 1.82) is 0 Å². The summed E-state index contributed by atoms with van der Waals surface area (Å²) in [7, 11) is -4.14. The third-order valence-electron chi connectivity index (χ3n) is 5.89. The number of carbonyl (C=O) groups is 3. The molecule has 10 nitrogen and oxygen atoms in total. The summed E-state index contributed by atoms with van der Waals surface area (Å²) in [6.45, 7) is 0.334. The first-order valence-corrected chi connectivity index (χ1v) is 13.7. The predicted molar refractivity (Wildman–Crippen MR) is 150 cm³/mol. The Kier molecular flexibility index (Phi) is 8.87. The highest BCUT2D eigenvalue weighted by Gasteiger charge is 2.31. The number of carboxylic acid groups (broad SMARTS) is 1. The van der Waals surface area contributed by atoms with Gasteiger partial charge in [-0.05, 0) is 53.6 Å². The van der Waals surface area contributed by atoms with Gasteiger partial charge in [0.2, 0.25) is 0 Å². The molecule has 11 heteroatoms. The van der Waals surface area contributed by atoms with Crippen molar-refractivity contribution in [3.8, 4) is 0 Å². The molecule has 0 saturated heterocycles. The lowest BCUT2D eigenvalue weighted by molar-refractivity contribution is -0.137. The first-order chi connectivity index (χ1) is 19.2. The number of hydrogen-bond donors (Lipinski definition) is 4. The van der Waals surface area contributed by atoms with Gasteiger partial charge in [-0.25, -0.2) is 13.2 Å². The molecule has 4 rings (SSSR count). The van der Waals surface area contributed by atoms with E-state index in [9.17, 15) is 27.9 Å². The van der Waals surface area contributed by atoms with Crippen molar-refractivity contribution >= 4 is 39.1 Å². The van der Waals surface area contributed by atoms with Crippen molar-refractivity contribution in [3.63, 3.8) is 0 Å². The molecule has 40 heavy (non-hydrogen) atoms. The lowest BCUT2D eigenvalue weighted by atomic mass is 10.1. The third kappa shape index (κ3) is 7.29. The molecular weight excluding hydrogens is 532 g/mol. The lowest BCUT2D eigenvalue weighted by Crippen LogP contribution is -2.28. The highest BCUT2D eigenvalue weighted by molar-refractivity contribution is 7.91. The molecule has 1 unspecified atom stereocenters. The van der Waals surface area contributed by atoms with Gasteiger partial charge in [-0.3, -0.25) is 14.6 Å². The van der Waals surface area contributed by atoms with Crippen molar-refractivity contribution < 1.29 is 27.9 Å². The van der Waals surface area contributed by atoms with Gasteiger partial charge in [-0.15, -0.1) is 0 Å². The smallest absolute Gasteiger partial charge is 0.319 e. The van der Waals surface area contributed by atoms with Gasteiger partial charge in [0.25, 0.3) is 5.91 Å². The van der Waals surface area contributed by atoms with Gasteiger partial charge in [0.15, 0.2) is 9.84 Å². The second-order valence-electron chi connectivity index (χ2n) is 8.77. The minimum absolute atomic E-state index is 0.147. The number of anilines is 2. The van der Waals surface area contributed by atoms with Gasteiger partial charge in [0, 0.05) is 35.9 Å². The maximum atomic E-state index is 13.4. The summed E-state index contributed by atoms with van der Waals surface area (Å²) in [4.78, 5) is 40.5. The molecule has 0 bridgehead atoms. The number of pyridine rings is 1. The van der Waals surface area contributed by atoms with E-state index in [4.69, 9.17) is 0 Å². The van der Waals surface area contributed by atoms with E-state index in [-0.39, 0.29) is 21.7 Å². The fourth-order valence-corrected chi connectivity index (χ4v) is 5.69. The van der Waals surface area contributed by atoms with Crippen LogP contribution in [-0.2, 0) is 21.2 Å². The van der Waals surface area contributed by atoms with Gasteiger partial charge >= 0.3 is 12.0 Å². The number of benzene rings is 3. The predicted octanol–water partition coefficient (Wildman–Crippen LogP) is 4.65. The van der Waals surface area contributed by atoms with Gasteiger partial charge < -0.3 is 21.1 Å². The number of carbonyl (C=O) groups excluding carboxylic acids is 2. The van der Waals surface area contributed by atoms with E-state index in [1.807, 2.05) is 30.3 Å². The zero-order chi connectivity index (χ0) is 28.5. The number of aliphatic carboxylic acids is 1. The summed E-state index contributed by atoms with van der Waals surface area (Å²) in [5, 5.41) is 16.1. The number of nitrogens with zero attached hydrogens (tertiary/aromatic N) is 1. The van der Waals surface area contributed by atoms with E-state index < -0.39 is 39.4 Å². The van der Waals surface area contributed by atoms with E-state index in [0.717, 1.165) is 5.56 Å². The molecular formula is C29H26N4O6S. The van der Waals surface area contributed by atoms with Crippen LogP contribution in [0.5, 0.6) is 0 Å². The standard InChI is InChI=1S/C29H26N4O6S/c34-27(35)17-26(22-10-6-14-30-19-22)40(38,39)25-13-5-12-24(16-25)32-28(36)21-9-4-11-23(15-21)33-29(37)31-18-20-7-2-1-3-8-20/h1-16,19,26H,17-18H2,(H,32,36)(H,34,35)(H2,31,33,37). The Morgan fingerprint density at radius 3 is 2.25 bits per heavy atom. The second kappa shape index (κ2) is 12.7. The number of hydrogen-bond acceptors (Lipinski definition) is 6. The molecule has 3 aromatic carbocycles. The summed E-state index contributed by atoms with van der Waals surface area (Å²) in [5.41, 5.74) is 2.00. The summed E-state index contributed by atoms with van der Waals surface area (Å²) in [5.74, 6) is -1.80. The van der Waals surface area contributed by atoms with Crippen LogP contribution in [0.2, 0.25) is 0 Å². The van der Waals surface area contributed by atoms with E-state index >= 15 is 0 Å². The quantitative estimate of drug-likeness (QED) is 0.221. The molecule has 1 aromatic heterocycles. The van der Waals surface area contributed by atoms with Crippen LogP contribution in [0.15, 0.2) is 108 Å². The normalized spacial score (nSPS) is 11.7. The van der Waals surface area contributed by atoms with Crippen LogP contribution in [0.3, 0.4) is 0 Å². The highest BCUT2D eigenvalue weighted by atomic mass is 32.2.